The van der Waals surface area contributed by atoms with Crippen LogP contribution in [0.15, 0.2) is 11.5 Å². The van der Waals surface area contributed by atoms with Gasteiger partial charge in [0.1, 0.15) is 6.33 Å². The van der Waals surface area contributed by atoms with Gasteiger partial charge in [0.15, 0.2) is 22.1 Å². The van der Waals surface area contributed by atoms with Crippen LogP contribution in [0.1, 0.15) is 25.7 Å². The Morgan fingerprint density at radius 1 is 1.33 bits per heavy atom. The number of nitrogens with zero attached hydrogens (tertiary/aromatic N) is 4. The number of hydrogen-bond donors (Lipinski definition) is 1. The lowest BCUT2D eigenvalue weighted by Crippen LogP contribution is -2.15. The lowest BCUT2D eigenvalue weighted by molar-refractivity contribution is 0.751. The van der Waals surface area contributed by atoms with Gasteiger partial charge in [0.05, 0.1) is 0 Å². The van der Waals surface area contributed by atoms with Crippen LogP contribution >= 0.6 is 11.8 Å². The second kappa shape index (κ2) is 4.76. The summed E-state index contributed by atoms with van der Waals surface area (Å²) in [6.07, 6.45) is 8.72. The fraction of sp³-hybridized carbons (Fsp3) is 0.583. The topological polar surface area (TPSA) is 55.6 Å². The molecule has 0 spiro atoms. The molecule has 2 aromatic rings. The summed E-state index contributed by atoms with van der Waals surface area (Å²) in [5, 5.41) is 4.48. The molecule has 0 unspecified atom stereocenters. The highest BCUT2D eigenvalue weighted by atomic mass is 32.2. The van der Waals surface area contributed by atoms with Gasteiger partial charge in [0, 0.05) is 13.1 Å². The van der Waals surface area contributed by atoms with E-state index in [2.05, 4.69) is 20.3 Å². The fourth-order valence-electron chi connectivity index (χ4n) is 2.53. The van der Waals surface area contributed by atoms with Gasteiger partial charge in [-0.1, -0.05) is 24.6 Å². The number of hydrogen-bond acceptors (Lipinski definition) is 5. The smallest absolute Gasteiger partial charge is 0.169 e. The Labute approximate surface area is 110 Å². The summed E-state index contributed by atoms with van der Waals surface area (Å²) in [5.74, 6) is 0.878. The molecular weight excluding hydrogens is 246 g/mol. The van der Waals surface area contributed by atoms with Gasteiger partial charge < -0.3 is 9.88 Å². The molecule has 0 atom stereocenters. The molecule has 1 aliphatic rings. The highest BCUT2D eigenvalue weighted by molar-refractivity contribution is 7.98. The van der Waals surface area contributed by atoms with Crippen molar-refractivity contribution in [1.29, 1.82) is 0 Å². The number of aryl methyl sites for hydroxylation is 1. The average molecular weight is 263 g/mol. The average Bonchev–Trinajstić information content (AvgIpc) is 2.99. The van der Waals surface area contributed by atoms with Crippen molar-refractivity contribution in [1.82, 2.24) is 19.5 Å². The summed E-state index contributed by atoms with van der Waals surface area (Å²) in [4.78, 5) is 13.3. The van der Waals surface area contributed by atoms with Crippen molar-refractivity contribution < 1.29 is 0 Å². The standard InChI is InChI=1S/C12H17N5S/c1-17-11-9(16-12(17)18-2)10(13-7-14-11)15-8-5-3-4-6-8/h7-8H,3-6H2,1-2H3,(H,13,14,15). The van der Waals surface area contributed by atoms with E-state index >= 15 is 0 Å². The van der Waals surface area contributed by atoms with Crippen molar-refractivity contribution in [3.63, 3.8) is 0 Å². The predicted molar refractivity (Wildman–Crippen MR) is 74.0 cm³/mol. The molecule has 0 aromatic carbocycles. The molecule has 0 saturated heterocycles. The Bertz CT molecular complexity index is 559. The summed E-state index contributed by atoms with van der Waals surface area (Å²) in [6.45, 7) is 0. The summed E-state index contributed by atoms with van der Waals surface area (Å²) >= 11 is 1.63. The molecule has 1 aliphatic carbocycles. The molecule has 3 rings (SSSR count). The SMILES string of the molecule is CSc1nc2c(NC3CCCC3)ncnc2n1C. The third-order valence-corrected chi connectivity index (χ3v) is 4.22. The number of rotatable bonds is 3. The van der Waals surface area contributed by atoms with Crippen LogP contribution in [0.5, 0.6) is 0 Å². The molecule has 6 heteroatoms. The molecule has 96 valence electrons. The quantitative estimate of drug-likeness (QED) is 0.862. The van der Waals surface area contributed by atoms with E-state index in [-0.39, 0.29) is 0 Å². The first kappa shape index (κ1) is 11.8. The molecule has 5 nitrogen and oxygen atoms in total. The molecular formula is C12H17N5S. The first-order valence-corrected chi connectivity index (χ1v) is 7.50. The minimum atomic E-state index is 0.544. The number of thioether (sulfide) groups is 1. The van der Waals surface area contributed by atoms with Crippen molar-refractivity contribution in [2.45, 2.75) is 36.9 Å². The van der Waals surface area contributed by atoms with E-state index in [1.54, 1.807) is 18.1 Å². The summed E-state index contributed by atoms with van der Waals surface area (Å²) in [5.41, 5.74) is 1.78. The van der Waals surface area contributed by atoms with Gasteiger partial charge in [0.2, 0.25) is 0 Å². The van der Waals surface area contributed by atoms with Crippen LogP contribution < -0.4 is 5.32 Å². The molecule has 1 N–H and O–H groups in total. The van der Waals surface area contributed by atoms with Gasteiger partial charge >= 0.3 is 0 Å². The highest BCUT2D eigenvalue weighted by Crippen LogP contribution is 2.27. The number of fused-ring (bicyclic) bond motifs is 1. The van der Waals surface area contributed by atoms with Crippen LogP contribution in [-0.4, -0.2) is 31.8 Å². The number of aromatic nitrogens is 4. The van der Waals surface area contributed by atoms with Gasteiger partial charge in [0.25, 0.3) is 0 Å². The first-order chi connectivity index (χ1) is 8.79. The number of imidazole rings is 1. The Kier molecular flexibility index (Phi) is 3.11. The maximum atomic E-state index is 4.61. The molecule has 18 heavy (non-hydrogen) atoms. The van der Waals surface area contributed by atoms with Gasteiger partial charge in [-0.25, -0.2) is 15.0 Å². The van der Waals surface area contributed by atoms with E-state index in [1.807, 2.05) is 17.9 Å². The molecule has 0 radical (unpaired) electrons. The van der Waals surface area contributed by atoms with Crippen LogP contribution in [0, 0.1) is 0 Å². The van der Waals surface area contributed by atoms with Crippen LogP contribution in [0.2, 0.25) is 0 Å². The van der Waals surface area contributed by atoms with E-state index in [9.17, 15) is 0 Å². The first-order valence-electron chi connectivity index (χ1n) is 6.27. The molecule has 2 aromatic heterocycles. The zero-order valence-corrected chi connectivity index (χ0v) is 11.5. The van der Waals surface area contributed by atoms with Gasteiger partial charge in [-0.05, 0) is 19.1 Å². The molecule has 0 bridgehead atoms. The lowest BCUT2D eigenvalue weighted by Gasteiger charge is -2.12. The summed E-state index contributed by atoms with van der Waals surface area (Å²) in [7, 11) is 1.99. The van der Waals surface area contributed by atoms with Crippen LogP contribution in [0.3, 0.4) is 0 Å². The van der Waals surface area contributed by atoms with E-state index in [0.29, 0.717) is 6.04 Å². The normalized spacial score (nSPS) is 16.6. The van der Waals surface area contributed by atoms with Crippen LogP contribution in [-0.2, 0) is 7.05 Å². The second-order valence-electron chi connectivity index (χ2n) is 4.68. The maximum Gasteiger partial charge on any atom is 0.169 e. The Morgan fingerprint density at radius 3 is 2.83 bits per heavy atom. The van der Waals surface area contributed by atoms with Crippen molar-refractivity contribution in [2.75, 3.05) is 11.6 Å². The van der Waals surface area contributed by atoms with E-state index in [4.69, 9.17) is 0 Å². The van der Waals surface area contributed by atoms with Gasteiger partial charge in [-0.2, -0.15) is 0 Å². The Balaban J connectivity index is 2.00. The predicted octanol–water partition coefficient (Wildman–Crippen LogP) is 2.44. The van der Waals surface area contributed by atoms with Crippen molar-refractivity contribution in [3.05, 3.63) is 6.33 Å². The van der Waals surface area contributed by atoms with Crippen molar-refractivity contribution >= 4 is 28.7 Å². The highest BCUT2D eigenvalue weighted by Gasteiger charge is 2.18. The van der Waals surface area contributed by atoms with Crippen molar-refractivity contribution in [3.8, 4) is 0 Å². The fourth-order valence-corrected chi connectivity index (χ4v) is 3.07. The largest absolute Gasteiger partial charge is 0.365 e. The Hall–Kier alpha value is -1.30. The van der Waals surface area contributed by atoms with E-state index in [0.717, 1.165) is 22.1 Å². The van der Waals surface area contributed by atoms with E-state index in [1.165, 1.54) is 25.7 Å². The molecule has 0 amide bonds. The molecule has 0 aliphatic heterocycles. The number of anilines is 1. The van der Waals surface area contributed by atoms with Gasteiger partial charge in [-0.15, -0.1) is 0 Å². The zero-order chi connectivity index (χ0) is 12.5. The Morgan fingerprint density at radius 2 is 2.11 bits per heavy atom. The van der Waals surface area contributed by atoms with Gasteiger partial charge in [-0.3, -0.25) is 0 Å². The van der Waals surface area contributed by atoms with E-state index < -0.39 is 0 Å². The zero-order valence-electron chi connectivity index (χ0n) is 10.7. The van der Waals surface area contributed by atoms with Crippen LogP contribution in [0.25, 0.3) is 11.2 Å². The second-order valence-corrected chi connectivity index (χ2v) is 5.45. The minimum absolute atomic E-state index is 0.544. The van der Waals surface area contributed by atoms with Crippen LogP contribution in [0.4, 0.5) is 5.82 Å². The number of nitrogens with one attached hydrogen (secondary N) is 1. The molecule has 2 heterocycles. The maximum absolute atomic E-state index is 4.61. The minimum Gasteiger partial charge on any atom is -0.365 e. The monoisotopic (exact) mass is 263 g/mol. The third-order valence-electron chi connectivity index (χ3n) is 3.49. The van der Waals surface area contributed by atoms with Crippen molar-refractivity contribution in [2.24, 2.45) is 7.05 Å². The third kappa shape index (κ3) is 1.94. The molecule has 1 saturated carbocycles. The molecule has 1 fully saturated rings. The lowest BCUT2D eigenvalue weighted by atomic mass is 10.2. The summed E-state index contributed by atoms with van der Waals surface area (Å²) in [6, 6.07) is 0.544. The summed E-state index contributed by atoms with van der Waals surface area (Å²) < 4.78 is 2.02.